The van der Waals surface area contributed by atoms with Crippen LogP contribution in [0.2, 0.25) is 0 Å². The first-order valence-corrected chi connectivity index (χ1v) is 8.22. The predicted octanol–water partition coefficient (Wildman–Crippen LogP) is 3.28. The fraction of sp³-hybridized carbons (Fsp3) is 0.824. The van der Waals surface area contributed by atoms with Crippen molar-refractivity contribution < 1.29 is 9.47 Å². The lowest BCUT2D eigenvalue weighted by Crippen LogP contribution is -2.58. The van der Waals surface area contributed by atoms with Gasteiger partial charge in [0.15, 0.2) is 0 Å². The number of fused-ring (bicyclic) bond motifs is 1. The second-order valence-corrected chi connectivity index (χ2v) is 7.33. The molecular formula is C17H28N2O2. The van der Waals surface area contributed by atoms with Gasteiger partial charge in [-0.25, -0.2) is 0 Å². The molecular weight excluding hydrogens is 264 g/mol. The maximum atomic E-state index is 6.95. The van der Waals surface area contributed by atoms with Gasteiger partial charge in [-0.1, -0.05) is 27.7 Å². The molecule has 2 aliphatic heterocycles. The van der Waals surface area contributed by atoms with Crippen LogP contribution in [0.15, 0.2) is 6.20 Å². The maximum Gasteiger partial charge on any atom is 0.115 e. The number of aromatic nitrogens is 2. The molecule has 4 nitrogen and oxygen atoms in total. The molecule has 1 fully saturated rings. The Bertz CT molecular complexity index is 505. The van der Waals surface area contributed by atoms with Crippen molar-refractivity contribution in [3.63, 3.8) is 0 Å². The van der Waals surface area contributed by atoms with Gasteiger partial charge in [0.1, 0.15) is 5.60 Å². The average molecular weight is 292 g/mol. The van der Waals surface area contributed by atoms with Crippen LogP contribution in [0.5, 0.6) is 0 Å². The van der Waals surface area contributed by atoms with Crippen molar-refractivity contribution in [2.24, 2.45) is 11.8 Å². The Hall–Kier alpha value is -0.870. The van der Waals surface area contributed by atoms with E-state index in [9.17, 15) is 0 Å². The molecule has 0 aliphatic carbocycles. The van der Waals surface area contributed by atoms with E-state index in [4.69, 9.17) is 9.47 Å². The Labute approximate surface area is 127 Å². The summed E-state index contributed by atoms with van der Waals surface area (Å²) in [6.45, 7) is 13.7. The topological polar surface area (TPSA) is 36.3 Å². The minimum atomic E-state index is -0.254. The van der Waals surface area contributed by atoms with Crippen LogP contribution in [-0.4, -0.2) is 28.6 Å². The summed E-state index contributed by atoms with van der Waals surface area (Å²) in [6.07, 6.45) is 3.93. The van der Waals surface area contributed by atoms with E-state index in [1.165, 1.54) is 11.3 Å². The molecule has 0 saturated carbocycles. The first kappa shape index (κ1) is 15.0. The number of hydrogen-bond donors (Lipinski definition) is 0. The van der Waals surface area contributed by atoms with Gasteiger partial charge in [-0.05, 0) is 24.3 Å². The maximum absolute atomic E-state index is 6.95. The van der Waals surface area contributed by atoms with Crippen LogP contribution in [-0.2, 0) is 21.6 Å². The molecule has 1 saturated heterocycles. The largest absolute Gasteiger partial charge is 0.381 e. The minimum Gasteiger partial charge on any atom is -0.381 e. The smallest absolute Gasteiger partial charge is 0.115 e. The summed E-state index contributed by atoms with van der Waals surface area (Å²) < 4.78 is 14.7. The van der Waals surface area contributed by atoms with Crippen LogP contribution in [0.3, 0.4) is 0 Å². The van der Waals surface area contributed by atoms with Gasteiger partial charge < -0.3 is 9.47 Å². The summed E-state index contributed by atoms with van der Waals surface area (Å²) in [6, 6.07) is 0. The van der Waals surface area contributed by atoms with Gasteiger partial charge in [-0.2, -0.15) is 5.10 Å². The van der Waals surface area contributed by atoms with Gasteiger partial charge in [0, 0.05) is 26.1 Å². The van der Waals surface area contributed by atoms with Gasteiger partial charge in [0.05, 0.1) is 24.0 Å². The van der Waals surface area contributed by atoms with Crippen molar-refractivity contribution in [1.82, 2.24) is 9.78 Å². The van der Waals surface area contributed by atoms with Crippen LogP contribution in [0.25, 0.3) is 0 Å². The zero-order valence-electron chi connectivity index (χ0n) is 14.0. The molecule has 3 heterocycles. The Morgan fingerprint density at radius 1 is 1.14 bits per heavy atom. The summed E-state index contributed by atoms with van der Waals surface area (Å²) in [4.78, 5) is 0. The Balaban J connectivity index is 2.14. The van der Waals surface area contributed by atoms with Crippen LogP contribution in [0.1, 0.15) is 51.8 Å². The molecule has 0 atom stereocenters. The molecule has 1 spiro atoms. The van der Waals surface area contributed by atoms with Crippen molar-refractivity contribution in [2.45, 2.75) is 65.2 Å². The fourth-order valence-corrected chi connectivity index (χ4v) is 4.27. The van der Waals surface area contributed by atoms with Crippen LogP contribution < -0.4 is 0 Å². The van der Waals surface area contributed by atoms with Crippen molar-refractivity contribution in [2.75, 3.05) is 13.2 Å². The van der Waals surface area contributed by atoms with Gasteiger partial charge in [0.2, 0.25) is 0 Å². The summed E-state index contributed by atoms with van der Waals surface area (Å²) in [5.41, 5.74) is 2.16. The highest BCUT2D eigenvalue weighted by Gasteiger charge is 2.54. The third kappa shape index (κ3) is 2.15. The van der Waals surface area contributed by atoms with E-state index in [0.717, 1.165) is 32.6 Å². The molecule has 0 N–H and O–H groups in total. The van der Waals surface area contributed by atoms with E-state index in [1.807, 2.05) is 6.20 Å². The Kier molecular flexibility index (Phi) is 3.65. The van der Waals surface area contributed by atoms with Crippen LogP contribution >= 0.6 is 0 Å². The fourth-order valence-electron chi connectivity index (χ4n) is 4.27. The first-order chi connectivity index (χ1) is 9.91. The van der Waals surface area contributed by atoms with Crippen LogP contribution in [0, 0.1) is 18.8 Å². The van der Waals surface area contributed by atoms with E-state index >= 15 is 0 Å². The molecule has 3 rings (SSSR count). The third-order valence-electron chi connectivity index (χ3n) is 5.34. The Morgan fingerprint density at radius 3 is 2.33 bits per heavy atom. The van der Waals surface area contributed by atoms with E-state index in [0.29, 0.717) is 11.8 Å². The summed E-state index contributed by atoms with van der Waals surface area (Å²) >= 11 is 0. The normalized spacial score (nSPS) is 23.8. The van der Waals surface area contributed by atoms with Crippen LogP contribution in [0.4, 0.5) is 0 Å². The molecule has 118 valence electrons. The molecule has 0 bridgehead atoms. The van der Waals surface area contributed by atoms with Crippen molar-refractivity contribution in [1.29, 1.82) is 0 Å². The number of hydrogen-bond acceptors (Lipinski definition) is 3. The predicted molar refractivity (Wildman–Crippen MR) is 82.2 cm³/mol. The zero-order valence-corrected chi connectivity index (χ0v) is 14.0. The van der Waals surface area contributed by atoms with E-state index in [1.54, 1.807) is 0 Å². The molecule has 1 aromatic rings. The molecule has 0 radical (unpaired) electrons. The summed E-state index contributed by atoms with van der Waals surface area (Å²) in [7, 11) is 0. The number of nitrogens with zero attached hydrogens (tertiary/aromatic N) is 2. The van der Waals surface area contributed by atoms with Crippen molar-refractivity contribution >= 4 is 0 Å². The highest BCUT2D eigenvalue weighted by atomic mass is 16.5. The van der Waals surface area contributed by atoms with Gasteiger partial charge in [0.25, 0.3) is 0 Å². The lowest BCUT2D eigenvalue weighted by molar-refractivity contribution is -0.254. The highest BCUT2D eigenvalue weighted by molar-refractivity contribution is 5.27. The third-order valence-corrected chi connectivity index (χ3v) is 5.34. The average Bonchev–Trinajstić information content (AvgIpc) is 2.79. The van der Waals surface area contributed by atoms with Gasteiger partial charge >= 0.3 is 0 Å². The van der Waals surface area contributed by atoms with Gasteiger partial charge in [-0.15, -0.1) is 0 Å². The molecule has 1 aromatic heterocycles. The number of ether oxygens (including phenoxy) is 2. The highest BCUT2D eigenvalue weighted by Crippen LogP contribution is 2.50. The van der Waals surface area contributed by atoms with Crippen molar-refractivity contribution in [3.05, 3.63) is 17.5 Å². The van der Waals surface area contributed by atoms with Gasteiger partial charge in [-0.3, -0.25) is 4.68 Å². The quantitative estimate of drug-likeness (QED) is 0.839. The first-order valence-electron chi connectivity index (χ1n) is 8.22. The molecule has 21 heavy (non-hydrogen) atoms. The molecule has 4 heteroatoms. The summed E-state index contributed by atoms with van der Waals surface area (Å²) in [5.74, 6) is 0.818. The van der Waals surface area contributed by atoms with E-state index in [-0.39, 0.29) is 11.2 Å². The molecule has 2 aliphatic rings. The minimum absolute atomic E-state index is 0.113. The Morgan fingerprint density at radius 2 is 1.76 bits per heavy atom. The zero-order chi connectivity index (χ0) is 15.3. The lowest BCUT2D eigenvalue weighted by Gasteiger charge is -2.53. The molecule has 0 aromatic carbocycles. The monoisotopic (exact) mass is 292 g/mol. The SMILES string of the molecule is Cc1cnn2c1C(C(C)C)(C(C)C)OC1(CCOCC1)C2. The second kappa shape index (κ2) is 5.10. The second-order valence-electron chi connectivity index (χ2n) is 7.33. The lowest BCUT2D eigenvalue weighted by atomic mass is 9.73. The van der Waals surface area contributed by atoms with E-state index in [2.05, 4.69) is 44.4 Å². The van der Waals surface area contributed by atoms with E-state index < -0.39 is 0 Å². The molecule has 0 amide bonds. The molecule has 0 unspecified atom stereocenters. The van der Waals surface area contributed by atoms with Crippen molar-refractivity contribution in [3.8, 4) is 0 Å². The summed E-state index contributed by atoms with van der Waals surface area (Å²) in [5, 5.41) is 4.66. The number of rotatable bonds is 2. The standard InChI is InChI=1S/C17H28N2O2/c1-12(2)17(13(3)4)15-14(5)10-18-19(15)11-16(21-17)6-8-20-9-7-16/h10,12-13H,6-9,11H2,1-5H3. The number of aryl methyl sites for hydroxylation is 1.